The zero-order valence-electron chi connectivity index (χ0n) is 16.1. The van der Waals surface area contributed by atoms with E-state index in [-0.39, 0.29) is 36.7 Å². The molecular formula is C20H30FN2O5-. The SMILES string of the molecule is O=C(O)CCCCCCC1C(CCCCOc2ccccc2F)N(O)CN1[O-]. The van der Waals surface area contributed by atoms with Crippen LogP contribution in [-0.4, -0.2) is 51.8 Å². The summed E-state index contributed by atoms with van der Waals surface area (Å²) in [6.45, 7) is 0.370. The summed E-state index contributed by atoms with van der Waals surface area (Å²) >= 11 is 0. The molecule has 1 aliphatic heterocycles. The Kier molecular flexibility index (Phi) is 9.63. The van der Waals surface area contributed by atoms with Crippen LogP contribution < -0.4 is 4.74 Å². The number of carboxylic acid groups (broad SMARTS) is 1. The molecule has 0 aromatic heterocycles. The lowest BCUT2D eigenvalue weighted by molar-refractivity contribution is -0.137. The van der Waals surface area contributed by atoms with Crippen molar-refractivity contribution in [2.24, 2.45) is 0 Å². The van der Waals surface area contributed by atoms with Crippen molar-refractivity contribution in [3.8, 4) is 5.75 Å². The van der Waals surface area contributed by atoms with Crippen LogP contribution in [0.15, 0.2) is 24.3 Å². The van der Waals surface area contributed by atoms with Gasteiger partial charge in [0, 0.05) is 12.5 Å². The molecule has 7 nitrogen and oxygen atoms in total. The molecule has 1 fully saturated rings. The highest BCUT2D eigenvalue weighted by atomic mass is 19.1. The van der Waals surface area contributed by atoms with Gasteiger partial charge in [0.1, 0.15) is 0 Å². The van der Waals surface area contributed by atoms with E-state index in [1.807, 2.05) is 0 Å². The lowest BCUT2D eigenvalue weighted by Gasteiger charge is -2.31. The van der Waals surface area contributed by atoms with Gasteiger partial charge in [0.05, 0.1) is 19.3 Å². The molecule has 2 atom stereocenters. The smallest absolute Gasteiger partial charge is 0.303 e. The van der Waals surface area contributed by atoms with Gasteiger partial charge in [-0.1, -0.05) is 31.4 Å². The first-order valence-electron chi connectivity index (χ1n) is 9.97. The van der Waals surface area contributed by atoms with Crippen molar-refractivity contribution in [1.82, 2.24) is 10.1 Å². The lowest BCUT2D eigenvalue weighted by atomic mass is 9.97. The number of para-hydroxylation sites is 1. The van der Waals surface area contributed by atoms with Crippen LogP contribution in [0.25, 0.3) is 0 Å². The average molecular weight is 397 g/mol. The highest BCUT2D eigenvalue weighted by Gasteiger charge is 2.33. The quantitative estimate of drug-likeness (QED) is 0.486. The zero-order chi connectivity index (χ0) is 20.4. The van der Waals surface area contributed by atoms with Crippen LogP contribution in [-0.2, 0) is 4.79 Å². The number of carbonyl (C=O) groups is 1. The fourth-order valence-corrected chi connectivity index (χ4v) is 3.60. The van der Waals surface area contributed by atoms with Gasteiger partial charge in [-0.15, -0.1) is 0 Å². The van der Waals surface area contributed by atoms with E-state index in [9.17, 15) is 19.6 Å². The zero-order valence-corrected chi connectivity index (χ0v) is 16.1. The Bertz CT molecular complexity index is 604. The van der Waals surface area contributed by atoms with E-state index in [0.29, 0.717) is 32.3 Å². The first-order valence-corrected chi connectivity index (χ1v) is 9.97. The number of rotatable bonds is 13. The molecule has 0 radical (unpaired) electrons. The number of aliphatic carboxylic acids is 1. The van der Waals surface area contributed by atoms with E-state index in [0.717, 1.165) is 35.8 Å². The molecule has 1 heterocycles. The maximum Gasteiger partial charge on any atom is 0.303 e. The second-order valence-corrected chi connectivity index (χ2v) is 7.25. The number of carboxylic acids is 1. The van der Waals surface area contributed by atoms with Crippen molar-refractivity contribution >= 4 is 5.97 Å². The van der Waals surface area contributed by atoms with Crippen LogP contribution in [0.2, 0.25) is 0 Å². The lowest BCUT2D eigenvalue weighted by Crippen LogP contribution is -2.35. The van der Waals surface area contributed by atoms with Gasteiger partial charge in [0.25, 0.3) is 0 Å². The van der Waals surface area contributed by atoms with Gasteiger partial charge in [-0.25, -0.2) is 4.39 Å². The normalized spacial score (nSPS) is 20.5. The molecule has 0 aliphatic carbocycles. The molecule has 158 valence electrons. The fourth-order valence-electron chi connectivity index (χ4n) is 3.60. The third kappa shape index (κ3) is 7.35. The fraction of sp³-hybridized carbons (Fsp3) is 0.650. The summed E-state index contributed by atoms with van der Waals surface area (Å²) in [5, 5.41) is 32.8. The maximum absolute atomic E-state index is 13.5. The summed E-state index contributed by atoms with van der Waals surface area (Å²) in [5.41, 5.74) is 0. The van der Waals surface area contributed by atoms with Gasteiger partial charge in [-0.05, 0) is 44.2 Å². The highest BCUT2D eigenvalue weighted by Crippen LogP contribution is 2.27. The van der Waals surface area contributed by atoms with E-state index in [2.05, 4.69) is 0 Å². The molecule has 1 aromatic rings. The minimum absolute atomic E-state index is 0.0138. The second kappa shape index (κ2) is 12.0. The summed E-state index contributed by atoms with van der Waals surface area (Å²) in [6.07, 6.45) is 6.20. The molecule has 1 saturated heterocycles. The van der Waals surface area contributed by atoms with Gasteiger partial charge in [-0.3, -0.25) is 4.79 Å². The Balaban J connectivity index is 1.65. The minimum Gasteiger partial charge on any atom is -0.784 e. The predicted octanol–water partition coefficient (Wildman–Crippen LogP) is 4.00. The number of hydrogen-bond donors (Lipinski definition) is 2. The van der Waals surface area contributed by atoms with E-state index in [4.69, 9.17) is 9.84 Å². The van der Waals surface area contributed by atoms with Crippen molar-refractivity contribution in [3.05, 3.63) is 35.3 Å². The van der Waals surface area contributed by atoms with Gasteiger partial charge in [0.2, 0.25) is 0 Å². The first-order chi connectivity index (χ1) is 13.5. The van der Waals surface area contributed by atoms with Crippen LogP contribution in [0.3, 0.4) is 0 Å². The Hall–Kier alpha value is -1.74. The average Bonchev–Trinajstić information content (AvgIpc) is 2.92. The van der Waals surface area contributed by atoms with Crippen LogP contribution in [0.1, 0.15) is 57.8 Å². The highest BCUT2D eigenvalue weighted by molar-refractivity contribution is 5.66. The monoisotopic (exact) mass is 397 g/mol. The Morgan fingerprint density at radius 3 is 2.54 bits per heavy atom. The molecule has 0 bridgehead atoms. The number of hydroxylamine groups is 4. The molecule has 8 heteroatoms. The predicted molar refractivity (Wildman–Crippen MR) is 102 cm³/mol. The number of hydrogen-bond acceptors (Lipinski definition) is 6. The maximum atomic E-state index is 13.5. The van der Waals surface area contributed by atoms with Crippen LogP contribution in [0.4, 0.5) is 4.39 Å². The molecule has 0 spiro atoms. The molecular weight excluding hydrogens is 367 g/mol. The van der Waals surface area contributed by atoms with Crippen LogP contribution in [0, 0.1) is 11.0 Å². The topological polar surface area (TPSA) is 96.3 Å². The van der Waals surface area contributed by atoms with E-state index >= 15 is 0 Å². The van der Waals surface area contributed by atoms with E-state index in [1.165, 1.54) is 6.07 Å². The molecule has 2 unspecified atom stereocenters. The number of unbranched alkanes of at least 4 members (excludes halogenated alkanes) is 4. The van der Waals surface area contributed by atoms with Crippen molar-refractivity contribution in [3.63, 3.8) is 0 Å². The van der Waals surface area contributed by atoms with Crippen molar-refractivity contribution in [2.45, 2.75) is 69.9 Å². The summed E-state index contributed by atoms with van der Waals surface area (Å²) < 4.78 is 18.9. The van der Waals surface area contributed by atoms with Gasteiger partial charge >= 0.3 is 5.97 Å². The molecule has 1 aliphatic rings. The number of ether oxygens (including phenoxy) is 1. The van der Waals surface area contributed by atoms with E-state index in [1.54, 1.807) is 18.2 Å². The first kappa shape index (κ1) is 22.5. The summed E-state index contributed by atoms with van der Waals surface area (Å²) in [6, 6.07) is 5.80. The third-order valence-electron chi connectivity index (χ3n) is 5.11. The standard InChI is InChI=1S/C20H30FN2O5/c21-16-9-5-6-12-19(16)28-14-8-7-11-18-17(22(26)15-23(18)27)10-3-1-2-4-13-20(24)25/h5-6,9,12,17-18,27H,1-4,7-8,10-11,13-15H2,(H,24,25)/q-1. The molecule has 2 N–H and O–H groups in total. The summed E-state index contributed by atoms with van der Waals surface area (Å²) in [7, 11) is 0. The van der Waals surface area contributed by atoms with Crippen LogP contribution >= 0.6 is 0 Å². The van der Waals surface area contributed by atoms with Crippen molar-refractivity contribution in [2.75, 3.05) is 13.3 Å². The Morgan fingerprint density at radius 1 is 1.11 bits per heavy atom. The molecule has 28 heavy (non-hydrogen) atoms. The molecule has 2 rings (SSSR count). The Labute approximate surface area is 165 Å². The van der Waals surface area contributed by atoms with Gasteiger partial charge in [-0.2, -0.15) is 5.06 Å². The molecule has 0 saturated carbocycles. The van der Waals surface area contributed by atoms with Crippen LogP contribution in [0.5, 0.6) is 5.75 Å². The summed E-state index contributed by atoms with van der Waals surface area (Å²) in [5.74, 6) is -0.930. The van der Waals surface area contributed by atoms with Crippen molar-refractivity contribution < 1.29 is 24.2 Å². The van der Waals surface area contributed by atoms with Gasteiger partial charge < -0.3 is 25.3 Å². The molecule has 1 aromatic carbocycles. The molecule has 0 amide bonds. The second-order valence-electron chi connectivity index (χ2n) is 7.25. The van der Waals surface area contributed by atoms with E-state index < -0.39 is 5.97 Å². The van der Waals surface area contributed by atoms with Crippen molar-refractivity contribution in [1.29, 1.82) is 0 Å². The van der Waals surface area contributed by atoms with Gasteiger partial charge in [0.15, 0.2) is 11.6 Å². The largest absolute Gasteiger partial charge is 0.784 e. The minimum atomic E-state index is -0.781. The Morgan fingerprint density at radius 2 is 1.79 bits per heavy atom. The number of nitrogens with zero attached hydrogens (tertiary/aromatic N) is 2. The number of halogens is 1. The summed E-state index contributed by atoms with van der Waals surface area (Å²) in [4.78, 5) is 10.5. The number of benzene rings is 1. The third-order valence-corrected chi connectivity index (χ3v) is 5.11.